The van der Waals surface area contributed by atoms with E-state index in [-0.39, 0.29) is 17.9 Å². The fourth-order valence-corrected chi connectivity index (χ4v) is 3.06. The Bertz CT molecular complexity index is 526. The third-order valence-electron chi connectivity index (χ3n) is 4.33. The molecule has 0 spiro atoms. The van der Waals surface area contributed by atoms with Crippen LogP contribution in [0.3, 0.4) is 0 Å². The van der Waals surface area contributed by atoms with Crippen LogP contribution in [0, 0.1) is 0 Å². The molecule has 0 bridgehead atoms. The summed E-state index contributed by atoms with van der Waals surface area (Å²) >= 11 is 0. The SMILES string of the molecule is COCCC[C@@H]1CCCCN1C(=O)c1ccc(C(=O)OC)cc1. The molecule has 0 saturated carbocycles. The fourth-order valence-electron chi connectivity index (χ4n) is 3.06. The van der Waals surface area contributed by atoms with Gasteiger partial charge in [0.1, 0.15) is 0 Å². The van der Waals surface area contributed by atoms with E-state index in [9.17, 15) is 9.59 Å². The molecule has 0 aliphatic carbocycles. The van der Waals surface area contributed by atoms with Crippen LogP contribution in [-0.4, -0.2) is 50.2 Å². The highest BCUT2D eigenvalue weighted by atomic mass is 16.5. The van der Waals surface area contributed by atoms with Crippen LogP contribution in [0.1, 0.15) is 52.8 Å². The first-order chi connectivity index (χ1) is 11.2. The molecule has 0 unspecified atom stereocenters. The highest BCUT2D eigenvalue weighted by molar-refractivity contribution is 5.96. The van der Waals surface area contributed by atoms with Gasteiger partial charge in [-0.2, -0.15) is 0 Å². The monoisotopic (exact) mass is 319 g/mol. The van der Waals surface area contributed by atoms with Crippen LogP contribution in [0.5, 0.6) is 0 Å². The molecule has 23 heavy (non-hydrogen) atoms. The number of amides is 1. The van der Waals surface area contributed by atoms with Gasteiger partial charge in [0.15, 0.2) is 0 Å². The molecule has 0 N–H and O–H groups in total. The molecule has 1 aliphatic rings. The minimum atomic E-state index is -0.389. The van der Waals surface area contributed by atoms with Crippen molar-refractivity contribution in [3.63, 3.8) is 0 Å². The highest BCUT2D eigenvalue weighted by Crippen LogP contribution is 2.23. The van der Waals surface area contributed by atoms with Gasteiger partial charge in [-0.3, -0.25) is 4.79 Å². The van der Waals surface area contributed by atoms with Crippen molar-refractivity contribution in [1.29, 1.82) is 0 Å². The van der Waals surface area contributed by atoms with Crippen molar-refractivity contribution >= 4 is 11.9 Å². The lowest BCUT2D eigenvalue weighted by Crippen LogP contribution is -2.43. The Morgan fingerprint density at radius 2 is 1.83 bits per heavy atom. The summed E-state index contributed by atoms with van der Waals surface area (Å²) in [6.45, 7) is 1.53. The molecule has 1 aromatic rings. The number of carbonyl (C=O) groups excluding carboxylic acids is 2. The summed E-state index contributed by atoms with van der Waals surface area (Å²) in [6, 6.07) is 6.98. The maximum atomic E-state index is 12.8. The molecular formula is C18H25NO4. The fraction of sp³-hybridized carbons (Fsp3) is 0.556. The topological polar surface area (TPSA) is 55.8 Å². The third-order valence-corrected chi connectivity index (χ3v) is 4.33. The van der Waals surface area contributed by atoms with Crippen molar-refractivity contribution in [2.45, 2.75) is 38.1 Å². The lowest BCUT2D eigenvalue weighted by Gasteiger charge is -2.36. The van der Waals surface area contributed by atoms with E-state index in [2.05, 4.69) is 4.74 Å². The zero-order valence-electron chi connectivity index (χ0n) is 13.9. The van der Waals surface area contributed by atoms with Gasteiger partial charge in [-0.15, -0.1) is 0 Å². The largest absolute Gasteiger partial charge is 0.465 e. The van der Waals surface area contributed by atoms with Crippen molar-refractivity contribution in [3.05, 3.63) is 35.4 Å². The number of esters is 1. The van der Waals surface area contributed by atoms with Gasteiger partial charge in [0, 0.05) is 31.9 Å². The van der Waals surface area contributed by atoms with E-state index >= 15 is 0 Å². The number of nitrogens with zero attached hydrogens (tertiary/aromatic N) is 1. The van der Waals surface area contributed by atoms with E-state index < -0.39 is 0 Å². The Hall–Kier alpha value is -1.88. The molecule has 0 aromatic heterocycles. The molecule has 5 heteroatoms. The van der Waals surface area contributed by atoms with Crippen molar-refractivity contribution < 1.29 is 19.1 Å². The van der Waals surface area contributed by atoms with Crippen molar-refractivity contribution in [2.24, 2.45) is 0 Å². The van der Waals surface area contributed by atoms with Crippen LogP contribution >= 0.6 is 0 Å². The molecule has 1 atom stereocenters. The van der Waals surface area contributed by atoms with Crippen LogP contribution in [0.4, 0.5) is 0 Å². The van der Waals surface area contributed by atoms with Crippen LogP contribution in [0.25, 0.3) is 0 Å². The second kappa shape index (κ2) is 8.67. The van der Waals surface area contributed by atoms with Gasteiger partial charge < -0.3 is 14.4 Å². The number of hydrogen-bond donors (Lipinski definition) is 0. The quantitative estimate of drug-likeness (QED) is 0.597. The van der Waals surface area contributed by atoms with Gasteiger partial charge in [-0.25, -0.2) is 4.79 Å². The molecule has 1 fully saturated rings. The van der Waals surface area contributed by atoms with E-state index in [1.54, 1.807) is 31.4 Å². The summed E-state index contributed by atoms with van der Waals surface area (Å²) in [7, 11) is 3.05. The number of carbonyl (C=O) groups is 2. The number of piperidine rings is 1. The van der Waals surface area contributed by atoms with Gasteiger partial charge in [-0.05, 0) is 56.4 Å². The predicted molar refractivity (Wildman–Crippen MR) is 87.6 cm³/mol. The van der Waals surface area contributed by atoms with E-state index in [1.165, 1.54) is 13.5 Å². The zero-order chi connectivity index (χ0) is 16.7. The van der Waals surface area contributed by atoms with E-state index in [4.69, 9.17) is 4.74 Å². The van der Waals surface area contributed by atoms with Crippen LogP contribution in [0.2, 0.25) is 0 Å². The van der Waals surface area contributed by atoms with Crippen molar-refractivity contribution in [1.82, 2.24) is 4.90 Å². The number of likely N-dealkylation sites (tertiary alicyclic amines) is 1. The minimum Gasteiger partial charge on any atom is -0.465 e. The number of methoxy groups -OCH3 is 2. The normalized spacial score (nSPS) is 17.8. The molecule has 1 heterocycles. The Balaban J connectivity index is 2.05. The lowest BCUT2D eigenvalue weighted by atomic mass is 9.97. The molecular weight excluding hydrogens is 294 g/mol. The van der Waals surface area contributed by atoms with E-state index in [0.29, 0.717) is 11.1 Å². The molecule has 1 aliphatic heterocycles. The first kappa shape index (κ1) is 17.5. The molecule has 1 saturated heterocycles. The molecule has 0 radical (unpaired) electrons. The van der Waals surface area contributed by atoms with Crippen LogP contribution in [0.15, 0.2) is 24.3 Å². The summed E-state index contributed by atoms with van der Waals surface area (Å²) in [5.74, 6) is -0.344. The third kappa shape index (κ3) is 4.55. The van der Waals surface area contributed by atoms with E-state index in [1.807, 2.05) is 4.90 Å². The predicted octanol–water partition coefficient (Wildman–Crippen LogP) is 2.89. The first-order valence-electron chi connectivity index (χ1n) is 8.15. The first-order valence-corrected chi connectivity index (χ1v) is 8.15. The summed E-state index contributed by atoms with van der Waals surface area (Å²) in [5.41, 5.74) is 1.08. The Morgan fingerprint density at radius 3 is 2.48 bits per heavy atom. The second-order valence-electron chi connectivity index (χ2n) is 5.85. The van der Waals surface area contributed by atoms with Crippen molar-refractivity contribution in [3.8, 4) is 0 Å². The number of rotatable bonds is 6. The summed E-state index contributed by atoms with van der Waals surface area (Å²) in [4.78, 5) is 26.2. The van der Waals surface area contributed by atoms with Crippen LogP contribution < -0.4 is 0 Å². The van der Waals surface area contributed by atoms with Gasteiger partial charge >= 0.3 is 5.97 Å². The highest BCUT2D eigenvalue weighted by Gasteiger charge is 2.27. The van der Waals surface area contributed by atoms with Gasteiger partial charge in [0.25, 0.3) is 5.91 Å². The van der Waals surface area contributed by atoms with Crippen molar-refractivity contribution in [2.75, 3.05) is 27.4 Å². The molecule has 2 rings (SSSR count). The maximum Gasteiger partial charge on any atom is 0.337 e. The number of ether oxygens (including phenoxy) is 2. The standard InChI is InChI=1S/C18H25NO4/c1-22-13-5-7-16-6-3-4-12-19(16)17(20)14-8-10-15(11-9-14)18(21)23-2/h8-11,16H,3-7,12-13H2,1-2H3/t16-/m0/s1. The number of hydrogen-bond acceptors (Lipinski definition) is 4. The Kier molecular flexibility index (Phi) is 6.59. The van der Waals surface area contributed by atoms with Crippen LogP contribution in [-0.2, 0) is 9.47 Å². The maximum absolute atomic E-state index is 12.8. The molecule has 126 valence electrons. The Morgan fingerprint density at radius 1 is 1.13 bits per heavy atom. The molecule has 1 aromatic carbocycles. The van der Waals surface area contributed by atoms with Gasteiger partial charge in [-0.1, -0.05) is 0 Å². The molecule has 5 nitrogen and oxygen atoms in total. The average molecular weight is 319 g/mol. The Labute approximate surface area is 137 Å². The van der Waals surface area contributed by atoms with Gasteiger partial charge in [0.2, 0.25) is 0 Å². The van der Waals surface area contributed by atoms with E-state index in [0.717, 1.165) is 38.8 Å². The summed E-state index contributed by atoms with van der Waals surface area (Å²) in [6.07, 6.45) is 5.21. The lowest BCUT2D eigenvalue weighted by molar-refractivity contribution is 0.0578. The smallest absolute Gasteiger partial charge is 0.337 e. The summed E-state index contributed by atoms with van der Waals surface area (Å²) < 4.78 is 9.79. The van der Waals surface area contributed by atoms with Gasteiger partial charge in [0.05, 0.1) is 12.7 Å². The average Bonchev–Trinajstić information content (AvgIpc) is 2.61. The number of benzene rings is 1. The second-order valence-corrected chi connectivity index (χ2v) is 5.85. The minimum absolute atomic E-state index is 0.0449. The zero-order valence-corrected chi connectivity index (χ0v) is 13.9. The molecule has 1 amide bonds. The summed E-state index contributed by atoms with van der Waals surface area (Å²) in [5, 5.41) is 0.